The highest BCUT2D eigenvalue weighted by molar-refractivity contribution is 6.06. The van der Waals surface area contributed by atoms with Gasteiger partial charge in [0.05, 0.1) is 36.6 Å². The van der Waals surface area contributed by atoms with Crippen LogP contribution in [0.3, 0.4) is 0 Å². The largest absolute Gasteiger partial charge is 0.465 e. The molecule has 2 rings (SSSR count). The van der Waals surface area contributed by atoms with Gasteiger partial charge < -0.3 is 19.9 Å². The van der Waals surface area contributed by atoms with Crippen molar-refractivity contribution in [2.45, 2.75) is 20.0 Å². The van der Waals surface area contributed by atoms with E-state index in [0.29, 0.717) is 22.2 Å². The van der Waals surface area contributed by atoms with Gasteiger partial charge in [-0.25, -0.2) is 9.59 Å². The number of aliphatic hydroxyl groups is 1. The van der Waals surface area contributed by atoms with Gasteiger partial charge in [-0.15, -0.1) is 0 Å². The standard InChI is InChI=1S/C17H20N2O5/c1-4-24-17(22)13-9-18-14-6-5-11(16(21)23-3)7-12(14)15(13)19-8-10(2)20/h5-7,9-10,20H,4,8H2,1-3H3,(H,18,19)/t10-/m1/s1. The number of aliphatic hydroxyl groups excluding tert-OH is 1. The molecule has 1 atom stereocenters. The van der Waals surface area contributed by atoms with E-state index in [9.17, 15) is 14.7 Å². The van der Waals surface area contributed by atoms with Crippen molar-refractivity contribution >= 4 is 28.5 Å². The zero-order chi connectivity index (χ0) is 17.7. The van der Waals surface area contributed by atoms with Crippen LogP contribution in [0.4, 0.5) is 5.69 Å². The van der Waals surface area contributed by atoms with Crippen molar-refractivity contribution in [2.75, 3.05) is 25.6 Å². The number of pyridine rings is 1. The summed E-state index contributed by atoms with van der Waals surface area (Å²) in [4.78, 5) is 28.2. The van der Waals surface area contributed by atoms with Crippen molar-refractivity contribution in [1.82, 2.24) is 4.98 Å². The Labute approximate surface area is 139 Å². The molecule has 2 aromatic rings. The highest BCUT2D eigenvalue weighted by Gasteiger charge is 2.18. The van der Waals surface area contributed by atoms with Gasteiger partial charge in [0, 0.05) is 18.1 Å². The summed E-state index contributed by atoms with van der Waals surface area (Å²) in [6.45, 7) is 3.80. The summed E-state index contributed by atoms with van der Waals surface area (Å²) in [7, 11) is 1.30. The number of benzene rings is 1. The molecule has 0 aliphatic carbocycles. The highest BCUT2D eigenvalue weighted by Crippen LogP contribution is 2.28. The molecule has 1 heterocycles. The molecule has 0 saturated carbocycles. The van der Waals surface area contributed by atoms with Crippen LogP contribution in [-0.2, 0) is 9.47 Å². The molecule has 7 nitrogen and oxygen atoms in total. The maximum absolute atomic E-state index is 12.2. The number of methoxy groups -OCH3 is 1. The summed E-state index contributed by atoms with van der Waals surface area (Å²) in [6.07, 6.45) is 0.801. The van der Waals surface area contributed by atoms with Gasteiger partial charge >= 0.3 is 11.9 Å². The first-order valence-corrected chi connectivity index (χ1v) is 7.58. The number of esters is 2. The lowest BCUT2D eigenvalue weighted by Crippen LogP contribution is -2.18. The quantitative estimate of drug-likeness (QED) is 0.781. The number of fused-ring (bicyclic) bond motifs is 1. The predicted molar refractivity (Wildman–Crippen MR) is 89.2 cm³/mol. The molecule has 0 saturated heterocycles. The molecule has 0 amide bonds. The van der Waals surface area contributed by atoms with E-state index in [1.165, 1.54) is 13.3 Å². The Hall–Kier alpha value is -2.67. The molecule has 0 aliphatic heterocycles. The molecule has 0 bridgehead atoms. The molecule has 1 aromatic heterocycles. The molecular weight excluding hydrogens is 312 g/mol. The molecule has 0 unspecified atom stereocenters. The first kappa shape index (κ1) is 17.7. The topological polar surface area (TPSA) is 97.8 Å². The van der Waals surface area contributed by atoms with E-state index >= 15 is 0 Å². The maximum Gasteiger partial charge on any atom is 0.341 e. The van der Waals surface area contributed by atoms with Crippen molar-refractivity contribution in [2.24, 2.45) is 0 Å². The summed E-state index contributed by atoms with van der Waals surface area (Å²) in [5, 5.41) is 13.1. The number of hydrogen-bond acceptors (Lipinski definition) is 7. The lowest BCUT2D eigenvalue weighted by atomic mass is 10.1. The zero-order valence-corrected chi connectivity index (χ0v) is 13.8. The van der Waals surface area contributed by atoms with Crippen molar-refractivity contribution in [1.29, 1.82) is 0 Å². The van der Waals surface area contributed by atoms with Gasteiger partial charge in [-0.05, 0) is 32.0 Å². The first-order chi connectivity index (χ1) is 11.5. The van der Waals surface area contributed by atoms with Crippen LogP contribution >= 0.6 is 0 Å². The Morgan fingerprint density at radius 1 is 1.33 bits per heavy atom. The summed E-state index contributed by atoms with van der Waals surface area (Å²) < 4.78 is 9.78. The molecule has 0 aliphatic rings. The van der Waals surface area contributed by atoms with E-state index in [1.54, 1.807) is 32.0 Å². The fourth-order valence-corrected chi connectivity index (χ4v) is 2.24. The van der Waals surface area contributed by atoms with Gasteiger partial charge in [-0.2, -0.15) is 0 Å². The minimum absolute atomic E-state index is 0.230. The van der Waals surface area contributed by atoms with Gasteiger partial charge in [0.15, 0.2) is 0 Å². The number of carbonyl (C=O) groups is 2. The Morgan fingerprint density at radius 3 is 2.71 bits per heavy atom. The number of anilines is 1. The first-order valence-electron chi connectivity index (χ1n) is 7.58. The Bertz CT molecular complexity index is 758. The third-order valence-corrected chi connectivity index (χ3v) is 3.36. The van der Waals surface area contributed by atoms with Crippen LogP contribution in [0.15, 0.2) is 24.4 Å². The van der Waals surface area contributed by atoms with E-state index in [2.05, 4.69) is 10.3 Å². The van der Waals surface area contributed by atoms with Gasteiger partial charge in [-0.3, -0.25) is 4.98 Å². The third kappa shape index (κ3) is 3.80. The molecule has 24 heavy (non-hydrogen) atoms. The van der Waals surface area contributed by atoms with Crippen LogP contribution in [0.25, 0.3) is 10.9 Å². The number of nitrogens with zero attached hydrogens (tertiary/aromatic N) is 1. The van der Waals surface area contributed by atoms with Gasteiger partial charge in [0.1, 0.15) is 5.56 Å². The Morgan fingerprint density at radius 2 is 2.08 bits per heavy atom. The van der Waals surface area contributed by atoms with Crippen LogP contribution in [-0.4, -0.2) is 48.4 Å². The lowest BCUT2D eigenvalue weighted by molar-refractivity contribution is 0.0526. The van der Waals surface area contributed by atoms with Crippen LogP contribution in [0.1, 0.15) is 34.6 Å². The summed E-state index contributed by atoms with van der Waals surface area (Å²) in [6, 6.07) is 4.87. The second-order valence-corrected chi connectivity index (χ2v) is 5.22. The van der Waals surface area contributed by atoms with Crippen molar-refractivity contribution in [3.05, 3.63) is 35.5 Å². The second kappa shape index (κ2) is 7.74. The van der Waals surface area contributed by atoms with E-state index < -0.39 is 18.0 Å². The Kier molecular flexibility index (Phi) is 5.70. The number of carbonyl (C=O) groups excluding carboxylic acids is 2. The van der Waals surface area contributed by atoms with E-state index in [1.807, 2.05) is 0 Å². The molecular formula is C17H20N2O5. The van der Waals surface area contributed by atoms with Gasteiger partial charge in [-0.1, -0.05) is 0 Å². The Balaban J connectivity index is 2.61. The minimum Gasteiger partial charge on any atom is -0.465 e. The van der Waals surface area contributed by atoms with E-state index in [0.717, 1.165) is 0 Å². The predicted octanol–water partition coefficient (Wildman–Crippen LogP) is 1.99. The molecule has 128 valence electrons. The smallest absolute Gasteiger partial charge is 0.341 e. The maximum atomic E-state index is 12.2. The minimum atomic E-state index is -0.618. The van der Waals surface area contributed by atoms with Crippen molar-refractivity contribution in [3.8, 4) is 0 Å². The van der Waals surface area contributed by atoms with Crippen LogP contribution in [0.5, 0.6) is 0 Å². The van der Waals surface area contributed by atoms with E-state index in [-0.39, 0.29) is 18.7 Å². The summed E-state index contributed by atoms with van der Waals surface area (Å²) in [5.41, 5.74) is 1.65. The lowest BCUT2D eigenvalue weighted by Gasteiger charge is -2.15. The molecule has 0 spiro atoms. The fourth-order valence-electron chi connectivity index (χ4n) is 2.24. The summed E-state index contributed by atoms with van der Waals surface area (Å²) in [5.74, 6) is -1.01. The van der Waals surface area contributed by atoms with Crippen LogP contribution in [0, 0.1) is 0 Å². The summed E-state index contributed by atoms with van der Waals surface area (Å²) >= 11 is 0. The third-order valence-electron chi connectivity index (χ3n) is 3.36. The van der Waals surface area contributed by atoms with Crippen molar-refractivity contribution in [3.63, 3.8) is 0 Å². The molecule has 7 heteroatoms. The average molecular weight is 332 g/mol. The average Bonchev–Trinajstić information content (AvgIpc) is 2.58. The molecule has 0 fully saturated rings. The van der Waals surface area contributed by atoms with Crippen molar-refractivity contribution < 1.29 is 24.2 Å². The highest BCUT2D eigenvalue weighted by atomic mass is 16.5. The number of nitrogens with one attached hydrogen (secondary N) is 1. The van der Waals surface area contributed by atoms with Crippen LogP contribution < -0.4 is 5.32 Å². The molecule has 2 N–H and O–H groups in total. The number of ether oxygens (including phenoxy) is 2. The number of hydrogen-bond donors (Lipinski definition) is 2. The monoisotopic (exact) mass is 332 g/mol. The fraction of sp³-hybridized carbons (Fsp3) is 0.353. The van der Waals surface area contributed by atoms with Gasteiger partial charge in [0.25, 0.3) is 0 Å². The zero-order valence-electron chi connectivity index (χ0n) is 13.8. The SMILES string of the molecule is CCOC(=O)c1cnc2ccc(C(=O)OC)cc2c1NC[C@@H](C)O. The molecule has 1 aromatic carbocycles. The molecule has 0 radical (unpaired) electrons. The number of rotatable bonds is 6. The van der Waals surface area contributed by atoms with Gasteiger partial charge in [0.2, 0.25) is 0 Å². The normalized spacial score (nSPS) is 11.8. The van der Waals surface area contributed by atoms with E-state index in [4.69, 9.17) is 9.47 Å². The van der Waals surface area contributed by atoms with Crippen LogP contribution in [0.2, 0.25) is 0 Å². The second-order valence-electron chi connectivity index (χ2n) is 5.22. The number of aromatic nitrogens is 1.